The van der Waals surface area contributed by atoms with Crippen molar-refractivity contribution in [2.24, 2.45) is 0 Å². The predicted molar refractivity (Wildman–Crippen MR) is 319 cm³/mol. The number of hydrogen-bond donors (Lipinski definition) is 2. The summed E-state index contributed by atoms with van der Waals surface area (Å²) in [6.45, 7) is 6.93. The number of nitrogens with zero attached hydrogens (tertiary/aromatic N) is 1. The van der Waals surface area contributed by atoms with Crippen molar-refractivity contribution in [3.63, 3.8) is 0 Å². The molecule has 0 aromatic heterocycles. The van der Waals surface area contributed by atoms with Gasteiger partial charge >= 0.3 is 13.8 Å². The highest BCUT2D eigenvalue weighted by molar-refractivity contribution is 7.47. The lowest BCUT2D eigenvalue weighted by Crippen LogP contribution is -2.47. The van der Waals surface area contributed by atoms with E-state index < -0.39 is 20.0 Å². The van der Waals surface area contributed by atoms with Crippen molar-refractivity contribution >= 4 is 19.7 Å². The second kappa shape index (κ2) is 54.6. The fraction of sp³-hybridized carbons (Fsp3) is 0.875. The normalized spacial score (nSPS) is 13.9. The van der Waals surface area contributed by atoms with E-state index in [1.165, 1.54) is 193 Å². The largest absolute Gasteiger partial charge is 0.472 e. The molecule has 0 rings (SSSR count). The highest BCUT2D eigenvalue weighted by Crippen LogP contribution is 2.43. The van der Waals surface area contributed by atoms with Gasteiger partial charge in [0.25, 0.3) is 0 Å². The van der Waals surface area contributed by atoms with Crippen LogP contribution in [0.5, 0.6) is 0 Å². The number of carbonyl (C=O) groups is 2. The molecule has 1 amide bonds. The maximum atomic E-state index is 13.5. The second-order valence-corrected chi connectivity index (χ2v) is 24.4. The molecule has 3 unspecified atom stereocenters. The average molecular weight is 1060 g/mol. The van der Waals surface area contributed by atoms with Gasteiger partial charge in [-0.25, -0.2) is 4.57 Å². The Morgan fingerprint density at radius 2 is 0.865 bits per heavy atom. The minimum atomic E-state index is -4.44. The van der Waals surface area contributed by atoms with Crippen molar-refractivity contribution in [3.8, 4) is 0 Å². The molecule has 0 spiro atoms. The summed E-state index contributed by atoms with van der Waals surface area (Å²) in [7, 11) is 1.50. The number of quaternary nitrogens is 1. The highest BCUT2D eigenvalue weighted by Gasteiger charge is 2.30. The van der Waals surface area contributed by atoms with Gasteiger partial charge in [-0.1, -0.05) is 276 Å². The van der Waals surface area contributed by atoms with Gasteiger partial charge in [-0.2, -0.15) is 0 Å². The molecule has 74 heavy (non-hydrogen) atoms. The summed E-state index contributed by atoms with van der Waals surface area (Å²) in [5, 5.41) is 3.06. The first kappa shape index (κ1) is 72.2. The van der Waals surface area contributed by atoms with Crippen molar-refractivity contribution in [1.29, 1.82) is 0 Å². The standard InChI is InChI=1S/C64H123N2O7P/c1-7-10-13-16-19-22-25-27-29-30-31-32-33-34-35-36-37-38-41-44-47-50-53-56-63(67)65-61(60-72-74(69,70)71-59-58-66(4,5)6)62(55-52-49-46-43-40-24-21-18-15-12-9-3)73-64(68)57-54-51-48-45-42-39-28-26-23-20-17-14-11-8-2/h11,14,20,23,52,55,61-62H,7-10,12-13,15-19,21-22,24-51,53-54,56-60H2,1-6H3,(H-,65,67,69,70)/p+1/b14-11+,23-20+,55-52-. The summed E-state index contributed by atoms with van der Waals surface area (Å²) in [5.41, 5.74) is 0. The number of rotatable bonds is 58. The molecule has 0 aliphatic heterocycles. The first-order valence-corrected chi connectivity index (χ1v) is 33.3. The molecule has 3 atom stereocenters. The molecule has 0 saturated heterocycles. The van der Waals surface area contributed by atoms with E-state index >= 15 is 0 Å². The minimum absolute atomic E-state index is 0.0411. The molecule has 0 radical (unpaired) electrons. The Labute approximate surface area is 459 Å². The number of allylic oxidation sites excluding steroid dienone is 5. The third kappa shape index (κ3) is 55.0. The van der Waals surface area contributed by atoms with Crippen LogP contribution in [-0.2, 0) is 27.9 Å². The summed E-state index contributed by atoms with van der Waals surface area (Å²) in [5.74, 6) is -0.502. The topological polar surface area (TPSA) is 111 Å². The molecule has 0 saturated carbocycles. The fourth-order valence-corrected chi connectivity index (χ4v) is 10.2. The van der Waals surface area contributed by atoms with Crippen LogP contribution >= 0.6 is 7.82 Å². The summed E-state index contributed by atoms with van der Waals surface area (Å²) >= 11 is 0. The van der Waals surface area contributed by atoms with Crippen molar-refractivity contribution in [2.75, 3.05) is 40.9 Å². The molecule has 0 aromatic carbocycles. The molecule has 0 aliphatic rings. The van der Waals surface area contributed by atoms with Crippen LogP contribution in [0.3, 0.4) is 0 Å². The van der Waals surface area contributed by atoms with E-state index in [1.807, 2.05) is 33.3 Å². The van der Waals surface area contributed by atoms with Crippen molar-refractivity contribution < 1.29 is 37.3 Å². The number of ether oxygens (including phenoxy) is 1. The fourth-order valence-electron chi connectivity index (χ4n) is 9.45. The molecular weight excluding hydrogens is 940 g/mol. The lowest BCUT2D eigenvalue weighted by atomic mass is 10.0. The van der Waals surface area contributed by atoms with Gasteiger partial charge in [0.1, 0.15) is 19.3 Å². The van der Waals surface area contributed by atoms with Crippen LogP contribution in [0.15, 0.2) is 36.5 Å². The van der Waals surface area contributed by atoms with E-state index in [0.29, 0.717) is 17.4 Å². The monoisotopic (exact) mass is 1060 g/mol. The Kier molecular flexibility index (Phi) is 53.3. The smallest absolute Gasteiger partial charge is 0.456 e. The molecule has 0 aromatic rings. The number of amides is 1. The van der Waals surface area contributed by atoms with Crippen molar-refractivity contribution in [1.82, 2.24) is 5.32 Å². The van der Waals surface area contributed by atoms with E-state index in [-0.39, 0.29) is 31.5 Å². The zero-order valence-electron chi connectivity index (χ0n) is 49.9. The Balaban J connectivity index is 5.07. The number of carbonyl (C=O) groups excluding carboxylic acids is 2. The molecule has 0 fully saturated rings. The van der Waals surface area contributed by atoms with Gasteiger partial charge in [0.15, 0.2) is 0 Å². The van der Waals surface area contributed by atoms with Crippen LogP contribution in [0.4, 0.5) is 0 Å². The van der Waals surface area contributed by atoms with Crippen LogP contribution in [0.2, 0.25) is 0 Å². The van der Waals surface area contributed by atoms with Crippen LogP contribution in [0.1, 0.15) is 310 Å². The molecule has 0 aliphatic carbocycles. The molecule has 9 nitrogen and oxygen atoms in total. The highest BCUT2D eigenvalue weighted by atomic mass is 31.2. The van der Waals surface area contributed by atoms with Gasteiger partial charge in [0.2, 0.25) is 5.91 Å². The van der Waals surface area contributed by atoms with Gasteiger partial charge in [-0.05, 0) is 57.4 Å². The van der Waals surface area contributed by atoms with E-state index in [1.54, 1.807) is 0 Å². The Morgan fingerprint density at radius 3 is 1.28 bits per heavy atom. The quantitative estimate of drug-likeness (QED) is 0.0205. The number of unbranched alkanes of at least 4 members (excludes halogenated alkanes) is 38. The van der Waals surface area contributed by atoms with E-state index in [4.69, 9.17) is 13.8 Å². The van der Waals surface area contributed by atoms with Crippen molar-refractivity contribution in [2.45, 2.75) is 322 Å². The predicted octanol–water partition coefficient (Wildman–Crippen LogP) is 19.5. The Morgan fingerprint density at radius 1 is 0.486 bits per heavy atom. The number of hydrogen-bond acceptors (Lipinski definition) is 6. The van der Waals surface area contributed by atoms with Gasteiger partial charge < -0.3 is 19.4 Å². The van der Waals surface area contributed by atoms with Gasteiger partial charge in [0, 0.05) is 12.8 Å². The zero-order valence-corrected chi connectivity index (χ0v) is 50.7. The van der Waals surface area contributed by atoms with Gasteiger partial charge in [-0.3, -0.25) is 18.6 Å². The molecule has 2 N–H and O–H groups in total. The average Bonchev–Trinajstić information content (AvgIpc) is 3.36. The molecule has 10 heteroatoms. The summed E-state index contributed by atoms with van der Waals surface area (Å²) in [4.78, 5) is 37.7. The number of phosphoric ester groups is 1. The van der Waals surface area contributed by atoms with Gasteiger partial charge in [-0.15, -0.1) is 0 Å². The maximum Gasteiger partial charge on any atom is 0.472 e. The molecule has 436 valence electrons. The van der Waals surface area contributed by atoms with Crippen LogP contribution in [0, 0.1) is 0 Å². The first-order valence-electron chi connectivity index (χ1n) is 31.8. The number of nitrogens with one attached hydrogen (secondary N) is 1. The number of esters is 1. The second-order valence-electron chi connectivity index (χ2n) is 22.9. The van der Waals surface area contributed by atoms with E-state index in [9.17, 15) is 19.0 Å². The Bertz CT molecular complexity index is 1360. The maximum absolute atomic E-state index is 13.5. The molecule has 0 bridgehead atoms. The SMILES string of the molecule is CC/C=C/C/C=C/CCCCCCCCCC(=O)OC(/C=C\CCCCCCCCCCC)C(COP(=O)(O)OCC[N+](C)(C)C)NC(=O)CCCCCCCCCCCCCCCCCCCCCCCCC. The van der Waals surface area contributed by atoms with E-state index in [0.717, 1.165) is 83.5 Å². The molecular formula is C64H124N2O7P+. The summed E-state index contributed by atoms with van der Waals surface area (Å²) < 4.78 is 30.7. The third-order valence-corrected chi connectivity index (χ3v) is 15.3. The van der Waals surface area contributed by atoms with Gasteiger partial charge in [0.05, 0.1) is 33.8 Å². The Hall–Kier alpha value is -1.77. The summed E-state index contributed by atoms with van der Waals surface area (Å²) in [6.07, 6.45) is 65.8. The van der Waals surface area contributed by atoms with Crippen molar-refractivity contribution in [3.05, 3.63) is 36.5 Å². The lowest BCUT2D eigenvalue weighted by molar-refractivity contribution is -0.870. The molecule has 0 heterocycles. The van der Waals surface area contributed by atoms with Crippen LogP contribution in [-0.4, -0.2) is 74.3 Å². The lowest BCUT2D eigenvalue weighted by Gasteiger charge is -2.27. The van der Waals surface area contributed by atoms with Crippen LogP contribution < -0.4 is 5.32 Å². The van der Waals surface area contributed by atoms with Crippen LogP contribution in [0.25, 0.3) is 0 Å². The first-order chi connectivity index (χ1) is 35.9. The minimum Gasteiger partial charge on any atom is -0.456 e. The number of phosphoric acid groups is 1. The van der Waals surface area contributed by atoms with E-state index in [2.05, 4.69) is 50.4 Å². The zero-order chi connectivity index (χ0) is 54.3. The third-order valence-electron chi connectivity index (χ3n) is 14.3. The number of likely N-dealkylation sites (N-methyl/N-ethyl adjacent to an activating group) is 1. The summed E-state index contributed by atoms with van der Waals surface area (Å²) in [6, 6.07) is -0.847.